The number of hydrogen-bond donors (Lipinski definition) is 1. The van der Waals surface area contributed by atoms with Crippen molar-refractivity contribution in [2.45, 2.75) is 19.6 Å². The highest BCUT2D eigenvalue weighted by Crippen LogP contribution is 2.16. The van der Waals surface area contributed by atoms with E-state index < -0.39 is 12.1 Å². The Balaban J connectivity index is 1.52. The van der Waals surface area contributed by atoms with Crippen LogP contribution in [-0.2, 0) is 16.1 Å². The number of nitrogens with zero attached hydrogens (tertiary/aromatic N) is 2. The standard InChI is InChI=1S/C21H24N2O4/c1-16(27-21(26)18-9-7-17(15-24)8-10-18)20(25)23-13-11-22(12-14-23)19-5-3-2-4-6-19/h2-10,16,24H,11-15H2,1H3/t16-/m1/s1. The molecule has 0 aliphatic carbocycles. The number of anilines is 1. The van der Waals surface area contributed by atoms with E-state index in [9.17, 15) is 9.59 Å². The monoisotopic (exact) mass is 368 g/mol. The molecule has 1 atom stereocenters. The maximum atomic E-state index is 12.6. The number of ether oxygens (including phenoxy) is 1. The first-order valence-electron chi connectivity index (χ1n) is 9.08. The number of esters is 1. The van der Waals surface area contributed by atoms with Crippen LogP contribution in [0.3, 0.4) is 0 Å². The van der Waals surface area contributed by atoms with Crippen molar-refractivity contribution in [2.24, 2.45) is 0 Å². The second kappa shape index (κ2) is 8.68. The highest BCUT2D eigenvalue weighted by molar-refractivity contribution is 5.92. The van der Waals surface area contributed by atoms with E-state index in [0.29, 0.717) is 24.2 Å². The number of rotatable bonds is 5. The first kappa shape index (κ1) is 18.9. The van der Waals surface area contributed by atoms with Crippen molar-refractivity contribution < 1.29 is 19.4 Å². The Labute approximate surface area is 159 Å². The van der Waals surface area contributed by atoms with Crippen LogP contribution in [0.5, 0.6) is 0 Å². The Morgan fingerprint density at radius 2 is 1.63 bits per heavy atom. The quantitative estimate of drug-likeness (QED) is 0.819. The number of para-hydroxylation sites is 1. The predicted octanol–water partition coefficient (Wildman–Crippen LogP) is 2.07. The molecule has 3 rings (SSSR count). The number of carbonyl (C=O) groups is 2. The van der Waals surface area contributed by atoms with Crippen LogP contribution in [0.25, 0.3) is 0 Å². The summed E-state index contributed by atoms with van der Waals surface area (Å²) >= 11 is 0. The molecule has 1 fully saturated rings. The minimum Gasteiger partial charge on any atom is -0.449 e. The molecule has 1 aliphatic rings. The molecule has 1 heterocycles. The zero-order chi connectivity index (χ0) is 19.2. The van der Waals surface area contributed by atoms with E-state index >= 15 is 0 Å². The van der Waals surface area contributed by atoms with E-state index in [4.69, 9.17) is 9.84 Å². The Morgan fingerprint density at radius 3 is 2.22 bits per heavy atom. The van der Waals surface area contributed by atoms with Crippen LogP contribution in [0.1, 0.15) is 22.8 Å². The lowest BCUT2D eigenvalue weighted by Gasteiger charge is -2.37. The molecule has 1 aliphatic heterocycles. The van der Waals surface area contributed by atoms with E-state index in [-0.39, 0.29) is 12.5 Å². The third kappa shape index (κ3) is 4.65. The predicted molar refractivity (Wildman–Crippen MR) is 102 cm³/mol. The van der Waals surface area contributed by atoms with Crippen LogP contribution in [0.2, 0.25) is 0 Å². The highest BCUT2D eigenvalue weighted by Gasteiger charge is 2.27. The maximum Gasteiger partial charge on any atom is 0.338 e. The zero-order valence-electron chi connectivity index (χ0n) is 15.4. The summed E-state index contributed by atoms with van der Waals surface area (Å²) < 4.78 is 5.33. The van der Waals surface area contributed by atoms with Gasteiger partial charge >= 0.3 is 5.97 Å². The van der Waals surface area contributed by atoms with E-state index in [1.54, 1.807) is 36.1 Å². The Morgan fingerprint density at radius 1 is 1.00 bits per heavy atom. The van der Waals surface area contributed by atoms with Gasteiger partial charge in [0.1, 0.15) is 0 Å². The topological polar surface area (TPSA) is 70.1 Å². The molecule has 0 radical (unpaired) electrons. The number of carbonyl (C=O) groups excluding carboxylic acids is 2. The lowest BCUT2D eigenvalue weighted by molar-refractivity contribution is -0.140. The maximum absolute atomic E-state index is 12.6. The minimum atomic E-state index is -0.835. The van der Waals surface area contributed by atoms with E-state index in [0.717, 1.165) is 18.8 Å². The molecule has 27 heavy (non-hydrogen) atoms. The van der Waals surface area contributed by atoms with Crippen molar-refractivity contribution in [3.63, 3.8) is 0 Å². The van der Waals surface area contributed by atoms with Gasteiger partial charge in [0.25, 0.3) is 5.91 Å². The summed E-state index contributed by atoms with van der Waals surface area (Å²) in [5.74, 6) is -0.716. The minimum absolute atomic E-state index is 0.0842. The van der Waals surface area contributed by atoms with Gasteiger partial charge in [0, 0.05) is 31.9 Å². The smallest absolute Gasteiger partial charge is 0.338 e. The Kier molecular flexibility index (Phi) is 6.08. The van der Waals surface area contributed by atoms with Gasteiger partial charge < -0.3 is 19.6 Å². The Bertz CT molecular complexity index is 769. The lowest BCUT2D eigenvalue weighted by atomic mass is 10.1. The van der Waals surface area contributed by atoms with Gasteiger partial charge in [-0.2, -0.15) is 0 Å². The second-order valence-electron chi connectivity index (χ2n) is 6.55. The van der Waals surface area contributed by atoms with Gasteiger partial charge in [-0.15, -0.1) is 0 Å². The highest BCUT2D eigenvalue weighted by atomic mass is 16.5. The van der Waals surface area contributed by atoms with Crippen molar-refractivity contribution in [3.05, 3.63) is 65.7 Å². The zero-order valence-corrected chi connectivity index (χ0v) is 15.4. The second-order valence-corrected chi connectivity index (χ2v) is 6.55. The summed E-state index contributed by atoms with van der Waals surface area (Å²) in [7, 11) is 0. The number of piperazine rings is 1. The largest absolute Gasteiger partial charge is 0.449 e. The molecule has 0 unspecified atom stereocenters. The number of amides is 1. The summed E-state index contributed by atoms with van der Waals surface area (Å²) in [6.45, 7) is 4.21. The van der Waals surface area contributed by atoms with Crippen LogP contribution in [0, 0.1) is 0 Å². The average Bonchev–Trinajstić information content (AvgIpc) is 2.74. The van der Waals surface area contributed by atoms with Crippen LogP contribution in [0.15, 0.2) is 54.6 Å². The Hall–Kier alpha value is -2.86. The normalized spacial score (nSPS) is 15.3. The van der Waals surface area contributed by atoms with Gasteiger partial charge in [0.2, 0.25) is 0 Å². The summed E-state index contributed by atoms with van der Waals surface area (Å²) in [6.07, 6.45) is -0.835. The average molecular weight is 368 g/mol. The van der Waals surface area contributed by atoms with Crippen LogP contribution < -0.4 is 4.90 Å². The van der Waals surface area contributed by atoms with Crippen molar-refractivity contribution in [1.29, 1.82) is 0 Å². The van der Waals surface area contributed by atoms with Gasteiger partial charge in [-0.25, -0.2) is 4.79 Å². The SMILES string of the molecule is C[C@@H](OC(=O)c1ccc(CO)cc1)C(=O)N1CCN(c2ccccc2)CC1. The van der Waals surface area contributed by atoms with E-state index in [1.165, 1.54) is 0 Å². The fraction of sp³-hybridized carbons (Fsp3) is 0.333. The molecule has 1 N–H and O–H groups in total. The van der Waals surface area contributed by atoms with Crippen LogP contribution in [-0.4, -0.2) is 54.2 Å². The first-order valence-corrected chi connectivity index (χ1v) is 9.08. The number of aliphatic hydroxyl groups excluding tert-OH is 1. The van der Waals surface area contributed by atoms with Crippen LogP contribution >= 0.6 is 0 Å². The molecule has 2 aromatic carbocycles. The molecule has 1 saturated heterocycles. The van der Waals surface area contributed by atoms with Gasteiger partial charge in [-0.1, -0.05) is 30.3 Å². The van der Waals surface area contributed by atoms with Crippen molar-refractivity contribution >= 4 is 17.6 Å². The summed E-state index contributed by atoms with van der Waals surface area (Å²) in [5.41, 5.74) is 2.23. The first-order chi connectivity index (χ1) is 13.1. The molecule has 1 amide bonds. The third-order valence-corrected chi connectivity index (χ3v) is 4.72. The summed E-state index contributed by atoms with van der Waals surface area (Å²) in [4.78, 5) is 28.8. The van der Waals surface area contributed by atoms with E-state index in [1.807, 2.05) is 18.2 Å². The number of benzene rings is 2. The van der Waals surface area contributed by atoms with Gasteiger partial charge in [0.05, 0.1) is 12.2 Å². The lowest BCUT2D eigenvalue weighted by Crippen LogP contribution is -2.51. The molecular formula is C21H24N2O4. The molecule has 2 aromatic rings. The fourth-order valence-electron chi connectivity index (χ4n) is 3.11. The molecule has 0 aromatic heterocycles. The molecule has 142 valence electrons. The van der Waals surface area contributed by atoms with Gasteiger partial charge in [-0.05, 0) is 36.8 Å². The van der Waals surface area contributed by atoms with Gasteiger partial charge in [-0.3, -0.25) is 4.79 Å². The van der Waals surface area contributed by atoms with E-state index in [2.05, 4.69) is 17.0 Å². The molecule has 6 heteroatoms. The number of hydrogen-bond acceptors (Lipinski definition) is 5. The molecule has 6 nitrogen and oxygen atoms in total. The van der Waals surface area contributed by atoms with Crippen molar-refractivity contribution in [3.8, 4) is 0 Å². The van der Waals surface area contributed by atoms with Crippen LogP contribution in [0.4, 0.5) is 5.69 Å². The van der Waals surface area contributed by atoms with Crippen molar-refractivity contribution in [2.75, 3.05) is 31.1 Å². The fourth-order valence-corrected chi connectivity index (χ4v) is 3.11. The molecule has 0 bridgehead atoms. The molecule has 0 spiro atoms. The van der Waals surface area contributed by atoms with Gasteiger partial charge in [0.15, 0.2) is 6.10 Å². The number of aliphatic hydroxyl groups is 1. The summed E-state index contributed by atoms with van der Waals surface area (Å²) in [6, 6.07) is 16.6. The van der Waals surface area contributed by atoms with Crippen molar-refractivity contribution in [1.82, 2.24) is 4.90 Å². The molecule has 0 saturated carbocycles. The third-order valence-electron chi connectivity index (χ3n) is 4.72. The molecular weight excluding hydrogens is 344 g/mol. The summed E-state index contributed by atoms with van der Waals surface area (Å²) in [5, 5.41) is 9.05.